The van der Waals surface area contributed by atoms with E-state index in [1.807, 2.05) is 30.3 Å². The van der Waals surface area contributed by atoms with Crippen LogP contribution in [0.2, 0.25) is 0 Å². The second-order valence-corrected chi connectivity index (χ2v) is 8.43. The highest BCUT2D eigenvalue weighted by Crippen LogP contribution is 2.29. The molecule has 0 aliphatic carbocycles. The Kier molecular flexibility index (Phi) is 6.34. The Morgan fingerprint density at radius 3 is 2.23 bits per heavy atom. The van der Waals surface area contributed by atoms with Crippen molar-refractivity contribution in [1.29, 1.82) is 0 Å². The first kappa shape index (κ1) is 22.5. The lowest BCUT2D eigenvalue weighted by Gasteiger charge is -2.30. The summed E-state index contributed by atoms with van der Waals surface area (Å²) in [7, 11) is 0. The third-order valence-electron chi connectivity index (χ3n) is 6.10. The molecular weight excluding hydrogens is 447 g/mol. The van der Waals surface area contributed by atoms with Gasteiger partial charge in [0.25, 0.3) is 11.8 Å². The molecule has 35 heavy (non-hydrogen) atoms. The van der Waals surface area contributed by atoms with Crippen LogP contribution in [0.4, 0.5) is 10.1 Å². The molecule has 0 radical (unpaired) electrons. The van der Waals surface area contributed by atoms with Crippen molar-refractivity contribution in [2.75, 3.05) is 18.4 Å². The first-order valence-corrected chi connectivity index (χ1v) is 11.4. The second kappa shape index (κ2) is 9.89. The maximum atomic E-state index is 13.1. The lowest BCUT2D eigenvalue weighted by Crippen LogP contribution is -2.38. The summed E-state index contributed by atoms with van der Waals surface area (Å²) in [5.74, 6) is 0.395. The van der Waals surface area contributed by atoms with Gasteiger partial charge in [-0.3, -0.25) is 9.59 Å². The van der Waals surface area contributed by atoms with E-state index in [1.54, 1.807) is 29.2 Å². The number of piperidine rings is 1. The average Bonchev–Trinajstić information content (AvgIpc) is 3.40. The predicted molar refractivity (Wildman–Crippen MR) is 128 cm³/mol. The fraction of sp³-hybridized carbons (Fsp3) is 0.185. The molecule has 1 fully saturated rings. The Hall–Kier alpha value is -4.33. The number of benzene rings is 3. The first-order chi connectivity index (χ1) is 17.1. The number of nitrogens with zero attached hydrogens (tertiary/aromatic N) is 3. The standard InChI is InChI=1S/C27H23FN4O3/c28-22-12-10-21(11-13-22)27(34)32-16-14-20(15-17-32)26-30-24(31-35-26)18-6-8-19(9-7-18)25(33)29-23-4-2-1-3-5-23/h1-13,20H,14-17H2,(H,29,33). The molecule has 176 valence electrons. The maximum Gasteiger partial charge on any atom is 0.255 e. The molecule has 1 aliphatic heterocycles. The third kappa shape index (κ3) is 5.11. The molecule has 7 nitrogen and oxygen atoms in total. The van der Waals surface area contributed by atoms with Crippen LogP contribution in [-0.2, 0) is 0 Å². The highest BCUT2D eigenvalue weighted by atomic mass is 19.1. The molecule has 0 spiro atoms. The monoisotopic (exact) mass is 470 g/mol. The Morgan fingerprint density at radius 1 is 0.886 bits per heavy atom. The van der Waals surface area contributed by atoms with Crippen LogP contribution >= 0.6 is 0 Å². The number of carbonyl (C=O) groups is 2. The second-order valence-electron chi connectivity index (χ2n) is 8.43. The summed E-state index contributed by atoms with van der Waals surface area (Å²) >= 11 is 0. The predicted octanol–water partition coefficient (Wildman–Crippen LogP) is 5.15. The zero-order chi connectivity index (χ0) is 24.2. The van der Waals surface area contributed by atoms with Gasteiger partial charge in [0.15, 0.2) is 0 Å². The number of hydrogen-bond donors (Lipinski definition) is 1. The smallest absolute Gasteiger partial charge is 0.255 e. The van der Waals surface area contributed by atoms with Crippen molar-refractivity contribution >= 4 is 17.5 Å². The molecule has 4 aromatic rings. The highest BCUT2D eigenvalue weighted by molar-refractivity contribution is 6.04. The number of carbonyl (C=O) groups excluding carboxylic acids is 2. The largest absolute Gasteiger partial charge is 0.339 e. The van der Waals surface area contributed by atoms with Crippen LogP contribution in [0.5, 0.6) is 0 Å². The van der Waals surface area contributed by atoms with Crippen LogP contribution in [-0.4, -0.2) is 39.9 Å². The van der Waals surface area contributed by atoms with Crippen molar-refractivity contribution in [3.8, 4) is 11.4 Å². The zero-order valence-corrected chi connectivity index (χ0v) is 18.9. The number of para-hydroxylation sites is 1. The Morgan fingerprint density at radius 2 is 1.54 bits per heavy atom. The molecule has 1 saturated heterocycles. The molecule has 2 heterocycles. The van der Waals surface area contributed by atoms with Crippen molar-refractivity contribution < 1.29 is 18.5 Å². The highest BCUT2D eigenvalue weighted by Gasteiger charge is 2.28. The van der Waals surface area contributed by atoms with E-state index in [0.717, 1.165) is 11.3 Å². The van der Waals surface area contributed by atoms with E-state index in [0.29, 0.717) is 48.8 Å². The van der Waals surface area contributed by atoms with Gasteiger partial charge in [-0.2, -0.15) is 4.98 Å². The summed E-state index contributed by atoms with van der Waals surface area (Å²) in [6, 6.07) is 21.9. The number of rotatable bonds is 5. The van der Waals surface area contributed by atoms with E-state index in [1.165, 1.54) is 24.3 Å². The van der Waals surface area contributed by atoms with Crippen molar-refractivity contribution in [3.05, 3.63) is 102 Å². The topological polar surface area (TPSA) is 88.3 Å². The first-order valence-electron chi connectivity index (χ1n) is 11.4. The number of anilines is 1. The molecule has 0 unspecified atom stereocenters. The van der Waals surface area contributed by atoms with E-state index in [9.17, 15) is 14.0 Å². The van der Waals surface area contributed by atoms with Crippen LogP contribution in [0.3, 0.4) is 0 Å². The minimum atomic E-state index is -0.363. The molecule has 2 amide bonds. The molecule has 0 saturated carbocycles. The quantitative estimate of drug-likeness (QED) is 0.436. The van der Waals surface area contributed by atoms with Gasteiger partial charge in [-0.05, 0) is 61.4 Å². The van der Waals surface area contributed by atoms with Gasteiger partial charge in [0.2, 0.25) is 11.7 Å². The van der Waals surface area contributed by atoms with Crippen LogP contribution in [0.15, 0.2) is 83.4 Å². The van der Waals surface area contributed by atoms with Crippen molar-refractivity contribution in [3.63, 3.8) is 0 Å². The minimum Gasteiger partial charge on any atom is -0.339 e. The Labute approximate surface area is 201 Å². The summed E-state index contributed by atoms with van der Waals surface area (Å²) in [4.78, 5) is 31.4. The van der Waals surface area contributed by atoms with Crippen molar-refractivity contribution in [2.45, 2.75) is 18.8 Å². The van der Waals surface area contributed by atoms with Gasteiger partial charge in [0.05, 0.1) is 0 Å². The lowest BCUT2D eigenvalue weighted by molar-refractivity contribution is 0.0704. The van der Waals surface area contributed by atoms with E-state index < -0.39 is 0 Å². The Bertz CT molecular complexity index is 1310. The van der Waals surface area contributed by atoms with E-state index in [-0.39, 0.29) is 23.5 Å². The molecule has 3 aromatic carbocycles. The van der Waals surface area contributed by atoms with Gasteiger partial charge in [-0.25, -0.2) is 4.39 Å². The summed E-state index contributed by atoms with van der Waals surface area (Å²) in [6.45, 7) is 1.12. The molecule has 0 bridgehead atoms. The number of nitrogens with one attached hydrogen (secondary N) is 1. The van der Waals surface area contributed by atoms with Crippen LogP contribution in [0, 0.1) is 5.82 Å². The van der Waals surface area contributed by atoms with Gasteiger partial charge < -0.3 is 14.7 Å². The summed E-state index contributed by atoms with van der Waals surface area (Å²) in [5, 5.41) is 6.97. The number of aromatic nitrogens is 2. The number of halogens is 1. The van der Waals surface area contributed by atoms with E-state index in [2.05, 4.69) is 15.5 Å². The molecular formula is C27H23FN4O3. The normalized spacial score (nSPS) is 14.0. The number of amides is 2. The molecule has 5 rings (SSSR count). The third-order valence-corrected chi connectivity index (χ3v) is 6.10. The van der Waals surface area contributed by atoms with Crippen molar-refractivity contribution in [1.82, 2.24) is 15.0 Å². The molecule has 1 aliphatic rings. The fourth-order valence-electron chi connectivity index (χ4n) is 4.12. The molecule has 8 heteroatoms. The SMILES string of the molecule is O=C(Nc1ccccc1)c1ccc(-c2noc(C3CCN(C(=O)c4ccc(F)cc4)CC3)n2)cc1. The van der Waals surface area contributed by atoms with Gasteiger partial charge >= 0.3 is 0 Å². The Balaban J connectivity index is 1.19. The van der Waals surface area contributed by atoms with Gasteiger partial charge in [-0.1, -0.05) is 35.5 Å². The fourth-order valence-corrected chi connectivity index (χ4v) is 4.12. The number of likely N-dealkylation sites (tertiary alicyclic amines) is 1. The van der Waals surface area contributed by atoms with Gasteiger partial charge in [-0.15, -0.1) is 0 Å². The lowest BCUT2D eigenvalue weighted by atomic mass is 9.96. The summed E-state index contributed by atoms with van der Waals surface area (Å²) < 4.78 is 18.6. The molecule has 1 aromatic heterocycles. The summed E-state index contributed by atoms with van der Waals surface area (Å²) in [5.41, 5.74) is 2.49. The summed E-state index contributed by atoms with van der Waals surface area (Å²) in [6.07, 6.45) is 1.40. The zero-order valence-electron chi connectivity index (χ0n) is 18.9. The molecule has 0 atom stereocenters. The molecule has 1 N–H and O–H groups in total. The minimum absolute atomic E-state index is 0.0597. The van der Waals surface area contributed by atoms with Crippen LogP contribution in [0.25, 0.3) is 11.4 Å². The maximum absolute atomic E-state index is 13.1. The average molecular weight is 471 g/mol. The van der Waals surface area contributed by atoms with Crippen LogP contribution in [0.1, 0.15) is 45.4 Å². The van der Waals surface area contributed by atoms with E-state index >= 15 is 0 Å². The van der Waals surface area contributed by atoms with E-state index in [4.69, 9.17) is 4.52 Å². The number of hydrogen-bond acceptors (Lipinski definition) is 5. The van der Waals surface area contributed by atoms with Gasteiger partial charge in [0.1, 0.15) is 5.82 Å². The van der Waals surface area contributed by atoms with Crippen molar-refractivity contribution in [2.24, 2.45) is 0 Å². The van der Waals surface area contributed by atoms with Crippen LogP contribution < -0.4 is 5.32 Å². The van der Waals surface area contributed by atoms with Gasteiger partial charge in [0, 0.05) is 41.4 Å².